The van der Waals surface area contributed by atoms with Crippen molar-refractivity contribution >= 4 is 16.9 Å². The van der Waals surface area contributed by atoms with Gasteiger partial charge in [0.05, 0.1) is 30.1 Å². The molecule has 0 spiro atoms. The summed E-state index contributed by atoms with van der Waals surface area (Å²) in [4.78, 5) is 32.5. The lowest BCUT2D eigenvalue weighted by Crippen LogP contribution is -2.51. The van der Waals surface area contributed by atoms with E-state index in [4.69, 9.17) is 4.42 Å². The number of rotatable bonds is 4. The zero-order chi connectivity index (χ0) is 22.3. The van der Waals surface area contributed by atoms with E-state index >= 15 is 0 Å². The first kappa shape index (κ1) is 21.0. The van der Waals surface area contributed by atoms with Gasteiger partial charge in [-0.25, -0.2) is 4.98 Å². The molecule has 0 radical (unpaired) electrons. The van der Waals surface area contributed by atoms with Crippen LogP contribution < -0.4 is 5.56 Å². The van der Waals surface area contributed by atoms with Crippen LogP contribution in [0, 0.1) is 5.92 Å². The van der Waals surface area contributed by atoms with Crippen molar-refractivity contribution in [3.8, 4) is 0 Å². The second kappa shape index (κ2) is 8.24. The molecule has 2 aliphatic rings. The van der Waals surface area contributed by atoms with Crippen LogP contribution in [0.4, 0.5) is 0 Å². The lowest BCUT2D eigenvalue weighted by atomic mass is 9.75. The molecule has 2 fully saturated rings. The van der Waals surface area contributed by atoms with E-state index in [1.165, 1.54) is 10.9 Å². The Hall–Kier alpha value is -2.87. The second-order valence-corrected chi connectivity index (χ2v) is 9.45. The summed E-state index contributed by atoms with van der Waals surface area (Å²) >= 11 is 0. The number of aliphatic hydroxyl groups is 1. The molecule has 5 rings (SSSR count). The van der Waals surface area contributed by atoms with Gasteiger partial charge in [0, 0.05) is 32.3 Å². The number of nitrogens with zero attached hydrogens (tertiary/aromatic N) is 4. The molecule has 1 saturated heterocycles. The van der Waals surface area contributed by atoms with Crippen molar-refractivity contribution in [1.29, 1.82) is 0 Å². The Morgan fingerprint density at radius 2 is 2.03 bits per heavy atom. The van der Waals surface area contributed by atoms with Gasteiger partial charge in [0.1, 0.15) is 12.0 Å². The Balaban J connectivity index is 1.26. The number of hydrogen-bond donors (Lipinski definition) is 1. The van der Waals surface area contributed by atoms with Gasteiger partial charge in [0.25, 0.3) is 5.56 Å². The molecular formula is C24H30N4O4. The van der Waals surface area contributed by atoms with Crippen LogP contribution in [-0.2, 0) is 18.4 Å². The molecule has 0 unspecified atom stereocenters. The Labute approximate surface area is 186 Å². The highest BCUT2D eigenvalue weighted by Crippen LogP contribution is 2.39. The number of carbonyl (C=O) groups is 1. The van der Waals surface area contributed by atoms with Crippen molar-refractivity contribution in [3.63, 3.8) is 0 Å². The van der Waals surface area contributed by atoms with Crippen molar-refractivity contribution in [2.75, 3.05) is 13.1 Å². The fourth-order valence-electron chi connectivity index (χ4n) is 5.46. The van der Waals surface area contributed by atoms with Crippen LogP contribution in [0.15, 0.2) is 46.4 Å². The molecule has 0 bridgehead atoms. The molecule has 8 heteroatoms. The highest BCUT2D eigenvalue weighted by atomic mass is 16.3. The van der Waals surface area contributed by atoms with Crippen LogP contribution in [-0.4, -0.2) is 48.7 Å². The number of aromatic nitrogens is 3. The molecule has 1 amide bonds. The monoisotopic (exact) mass is 438 g/mol. The fraction of sp³-hybridized carbons (Fsp3) is 0.542. The van der Waals surface area contributed by atoms with Gasteiger partial charge in [0.2, 0.25) is 5.91 Å². The van der Waals surface area contributed by atoms with Crippen LogP contribution in [0.3, 0.4) is 0 Å². The van der Waals surface area contributed by atoms with Gasteiger partial charge in [-0.05, 0) is 49.3 Å². The third-order valence-electron chi connectivity index (χ3n) is 7.38. The lowest BCUT2D eigenvalue weighted by Gasteiger charge is -2.41. The zero-order valence-electron chi connectivity index (χ0n) is 18.4. The van der Waals surface area contributed by atoms with E-state index in [0.717, 1.165) is 31.2 Å². The standard InChI is InChI=1S/C24H30N4O4/c1-26-10-6-20-21(26)25-16-28(23(20)30)15-24(31)8-11-27(12-9-24)22(29)19-5-3-2-4-18(19)17-7-13-32-14-17/h6-7,10,13-14,16,18-19,31H,2-5,8-9,11-12,15H2,1H3/t18-,19+/m0/s1. The highest BCUT2D eigenvalue weighted by Gasteiger charge is 2.39. The lowest BCUT2D eigenvalue weighted by molar-refractivity contribution is -0.142. The first-order chi connectivity index (χ1) is 15.5. The molecule has 3 aromatic heterocycles. The van der Waals surface area contributed by atoms with Crippen LogP contribution in [0.25, 0.3) is 11.0 Å². The van der Waals surface area contributed by atoms with E-state index in [1.807, 2.05) is 28.8 Å². The van der Waals surface area contributed by atoms with Gasteiger partial charge in [0.15, 0.2) is 0 Å². The van der Waals surface area contributed by atoms with E-state index in [-0.39, 0.29) is 29.8 Å². The summed E-state index contributed by atoms with van der Waals surface area (Å²) in [6.45, 7) is 1.19. The minimum atomic E-state index is -1.03. The van der Waals surface area contributed by atoms with Crippen molar-refractivity contribution in [3.05, 3.63) is 53.1 Å². The van der Waals surface area contributed by atoms with Crippen LogP contribution in [0.1, 0.15) is 50.0 Å². The van der Waals surface area contributed by atoms with Gasteiger partial charge in [-0.15, -0.1) is 0 Å². The molecule has 2 atom stereocenters. The maximum atomic E-state index is 13.4. The Morgan fingerprint density at radius 1 is 1.25 bits per heavy atom. The molecule has 170 valence electrons. The Bertz CT molecular complexity index is 1150. The van der Waals surface area contributed by atoms with Crippen LogP contribution >= 0.6 is 0 Å². The van der Waals surface area contributed by atoms with Crippen molar-refractivity contribution < 1.29 is 14.3 Å². The number of hydrogen-bond acceptors (Lipinski definition) is 5. The molecule has 4 heterocycles. The van der Waals surface area contributed by atoms with Gasteiger partial charge in [-0.1, -0.05) is 12.8 Å². The molecule has 1 aliphatic heterocycles. The van der Waals surface area contributed by atoms with Crippen molar-refractivity contribution in [2.24, 2.45) is 13.0 Å². The molecule has 8 nitrogen and oxygen atoms in total. The number of likely N-dealkylation sites (tertiary alicyclic amines) is 1. The first-order valence-electron chi connectivity index (χ1n) is 11.5. The molecule has 3 aromatic rings. The zero-order valence-corrected chi connectivity index (χ0v) is 18.4. The van der Waals surface area contributed by atoms with E-state index < -0.39 is 5.60 Å². The quantitative estimate of drug-likeness (QED) is 0.676. The third kappa shape index (κ3) is 3.77. The van der Waals surface area contributed by atoms with E-state index in [1.54, 1.807) is 18.6 Å². The van der Waals surface area contributed by atoms with Crippen LogP contribution in [0.2, 0.25) is 0 Å². The molecule has 1 N–H and O–H groups in total. The summed E-state index contributed by atoms with van der Waals surface area (Å²) in [5, 5.41) is 11.7. The maximum absolute atomic E-state index is 13.4. The average Bonchev–Trinajstić information content (AvgIpc) is 3.46. The molecule has 0 aromatic carbocycles. The second-order valence-electron chi connectivity index (χ2n) is 9.45. The Kier molecular flexibility index (Phi) is 5.41. The number of furan rings is 1. The number of fused-ring (bicyclic) bond motifs is 1. The minimum absolute atomic E-state index is 0.0279. The highest BCUT2D eigenvalue weighted by molar-refractivity contribution is 5.80. The number of aryl methyl sites for hydroxylation is 1. The summed E-state index contributed by atoms with van der Waals surface area (Å²) in [6, 6.07) is 3.73. The largest absolute Gasteiger partial charge is 0.472 e. The summed E-state index contributed by atoms with van der Waals surface area (Å²) in [6.07, 6.45) is 11.8. The summed E-state index contributed by atoms with van der Waals surface area (Å²) in [5.74, 6) is 0.361. The average molecular weight is 439 g/mol. The summed E-state index contributed by atoms with van der Waals surface area (Å²) < 4.78 is 8.57. The van der Waals surface area contributed by atoms with E-state index in [2.05, 4.69) is 4.98 Å². The fourth-order valence-corrected chi connectivity index (χ4v) is 5.46. The third-order valence-corrected chi connectivity index (χ3v) is 7.38. The van der Waals surface area contributed by atoms with Crippen molar-refractivity contribution in [1.82, 2.24) is 19.0 Å². The topological polar surface area (TPSA) is 93.5 Å². The number of piperidine rings is 1. The van der Waals surface area contributed by atoms with Gasteiger partial charge >= 0.3 is 0 Å². The molecular weight excluding hydrogens is 408 g/mol. The van der Waals surface area contributed by atoms with Gasteiger partial charge < -0.3 is 19.0 Å². The predicted molar refractivity (Wildman–Crippen MR) is 119 cm³/mol. The van der Waals surface area contributed by atoms with Gasteiger partial charge in [-0.3, -0.25) is 14.2 Å². The normalized spacial score (nSPS) is 23.5. The van der Waals surface area contributed by atoms with Crippen molar-refractivity contribution in [2.45, 2.75) is 56.6 Å². The Morgan fingerprint density at radius 3 is 2.78 bits per heavy atom. The maximum Gasteiger partial charge on any atom is 0.262 e. The molecule has 1 saturated carbocycles. The van der Waals surface area contributed by atoms with E-state index in [0.29, 0.717) is 37.0 Å². The van der Waals surface area contributed by atoms with Gasteiger partial charge in [-0.2, -0.15) is 0 Å². The van der Waals surface area contributed by atoms with Crippen LogP contribution in [0.5, 0.6) is 0 Å². The first-order valence-corrected chi connectivity index (χ1v) is 11.5. The smallest absolute Gasteiger partial charge is 0.262 e. The van der Waals surface area contributed by atoms with E-state index in [9.17, 15) is 14.7 Å². The molecule has 32 heavy (non-hydrogen) atoms. The SMILES string of the molecule is Cn1ccc2c(=O)n(CC3(O)CCN(C(=O)[C@@H]4CCCC[C@H]4c4ccoc4)CC3)cnc21. The minimum Gasteiger partial charge on any atom is -0.472 e. The number of amides is 1. The summed E-state index contributed by atoms with van der Waals surface area (Å²) in [5.41, 5.74) is 0.576. The predicted octanol–water partition coefficient (Wildman–Crippen LogP) is 2.66. The number of carbonyl (C=O) groups excluding carboxylic acids is 1. The summed E-state index contributed by atoms with van der Waals surface area (Å²) in [7, 11) is 1.85. The molecule has 1 aliphatic carbocycles.